The lowest BCUT2D eigenvalue weighted by Gasteiger charge is -2.14. The van der Waals surface area contributed by atoms with Crippen molar-refractivity contribution in [3.05, 3.63) is 35.4 Å². The number of carbonyl (C=O) groups is 1. The minimum Gasteiger partial charge on any atom is -0.320 e. The van der Waals surface area contributed by atoms with E-state index in [0.717, 1.165) is 12.0 Å². The summed E-state index contributed by atoms with van der Waals surface area (Å²) in [4.78, 5) is 11.7. The van der Waals surface area contributed by atoms with Crippen LogP contribution in [0.5, 0.6) is 0 Å². The zero-order valence-electron chi connectivity index (χ0n) is 11.0. The van der Waals surface area contributed by atoms with Gasteiger partial charge in [-0.1, -0.05) is 38.1 Å². The quantitative estimate of drug-likeness (QED) is 0.836. The van der Waals surface area contributed by atoms with E-state index in [0.29, 0.717) is 5.92 Å². The predicted molar refractivity (Wildman–Crippen MR) is 68.0 cm³/mol. The van der Waals surface area contributed by atoms with Gasteiger partial charge < -0.3 is 5.73 Å². The summed E-state index contributed by atoms with van der Waals surface area (Å²) in [6, 6.07) is 4.56. The molecule has 1 rings (SSSR count). The summed E-state index contributed by atoms with van der Waals surface area (Å²) >= 11 is 0. The van der Waals surface area contributed by atoms with E-state index in [1.165, 1.54) is 0 Å². The first-order chi connectivity index (χ1) is 8.70. The molecular weight excluding hydrogens is 255 g/mol. The zero-order valence-corrected chi connectivity index (χ0v) is 11.0. The van der Waals surface area contributed by atoms with Crippen LogP contribution >= 0.6 is 0 Å². The van der Waals surface area contributed by atoms with Crippen molar-refractivity contribution in [2.24, 2.45) is 11.7 Å². The van der Waals surface area contributed by atoms with Gasteiger partial charge in [-0.15, -0.1) is 0 Å². The Morgan fingerprint density at radius 1 is 1.21 bits per heavy atom. The molecule has 1 aromatic carbocycles. The van der Waals surface area contributed by atoms with Gasteiger partial charge in [-0.25, -0.2) is 0 Å². The van der Waals surface area contributed by atoms with Gasteiger partial charge >= 0.3 is 6.18 Å². The highest BCUT2D eigenvalue weighted by atomic mass is 19.4. The summed E-state index contributed by atoms with van der Waals surface area (Å²) in [5, 5.41) is 0. The molecule has 0 aliphatic carbocycles. The lowest BCUT2D eigenvalue weighted by Crippen LogP contribution is -2.39. The van der Waals surface area contributed by atoms with Crippen LogP contribution in [0.15, 0.2) is 24.3 Å². The summed E-state index contributed by atoms with van der Waals surface area (Å²) in [6.07, 6.45) is -4.38. The van der Waals surface area contributed by atoms with Crippen LogP contribution < -0.4 is 5.73 Å². The molecule has 106 valence electrons. The Balaban J connectivity index is 2.68. The molecule has 0 radical (unpaired) electrons. The maximum atomic E-state index is 12.3. The number of halogens is 3. The molecule has 0 bridgehead atoms. The van der Waals surface area contributed by atoms with Crippen LogP contribution in [-0.2, 0) is 6.42 Å². The van der Waals surface area contributed by atoms with Crippen molar-refractivity contribution < 1.29 is 18.0 Å². The molecule has 0 amide bonds. The number of ketones is 1. The molecule has 0 aromatic heterocycles. The lowest BCUT2D eigenvalue weighted by molar-refractivity contribution is -0.146. The third kappa shape index (κ3) is 5.03. The molecule has 1 aromatic rings. The van der Waals surface area contributed by atoms with Gasteiger partial charge in [-0.3, -0.25) is 4.79 Å². The number of rotatable bonds is 5. The first-order valence-electron chi connectivity index (χ1n) is 6.14. The molecule has 1 atom stereocenters. The molecule has 2 nitrogen and oxygen atoms in total. The highest BCUT2D eigenvalue weighted by Gasteiger charge is 2.37. The number of alkyl halides is 3. The molecule has 0 saturated heterocycles. The van der Waals surface area contributed by atoms with Crippen molar-refractivity contribution in [2.45, 2.75) is 38.9 Å². The van der Waals surface area contributed by atoms with Crippen LogP contribution in [0.4, 0.5) is 13.2 Å². The highest BCUT2D eigenvalue weighted by molar-refractivity contribution is 5.96. The number of Topliss-reactive ketones (excluding diaryl/α,β-unsaturated/α-hetero) is 1. The molecular formula is C14H18F3NO. The maximum Gasteiger partial charge on any atom is 0.404 e. The van der Waals surface area contributed by atoms with Gasteiger partial charge in [0, 0.05) is 12.0 Å². The zero-order chi connectivity index (χ0) is 14.6. The van der Waals surface area contributed by atoms with Crippen LogP contribution in [0, 0.1) is 5.92 Å². The Hall–Kier alpha value is -1.36. The second-order valence-corrected chi connectivity index (χ2v) is 5.07. The third-order valence-corrected chi connectivity index (χ3v) is 2.75. The van der Waals surface area contributed by atoms with E-state index in [4.69, 9.17) is 5.73 Å². The summed E-state index contributed by atoms with van der Waals surface area (Å²) in [6.45, 7) is 4.14. The molecule has 0 spiro atoms. The van der Waals surface area contributed by atoms with Crippen molar-refractivity contribution in [2.75, 3.05) is 0 Å². The SMILES string of the molecule is CC(C)Cc1ccc(C(=O)CC(N)C(F)(F)F)cc1. The molecule has 19 heavy (non-hydrogen) atoms. The van der Waals surface area contributed by atoms with Gasteiger partial charge in [0.1, 0.15) is 6.04 Å². The van der Waals surface area contributed by atoms with Crippen molar-refractivity contribution >= 4 is 5.78 Å². The van der Waals surface area contributed by atoms with Crippen LogP contribution in [0.1, 0.15) is 36.2 Å². The smallest absolute Gasteiger partial charge is 0.320 e. The van der Waals surface area contributed by atoms with E-state index >= 15 is 0 Å². The fraction of sp³-hybridized carbons (Fsp3) is 0.500. The van der Waals surface area contributed by atoms with Gasteiger partial charge in [-0.2, -0.15) is 13.2 Å². The fourth-order valence-corrected chi connectivity index (χ4v) is 1.73. The largest absolute Gasteiger partial charge is 0.404 e. The Morgan fingerprint density at radius 2 is 1.74 bits per heavy atom. The highest BCUT2D eigenvalue weighted by Crippen LogP contribution is 2.22. The number of carbonyl (C=O) groups excluding carboxylic acids is 1. The lowest BCUT2D eigenvalue weighted by atomic mass is 9.99. The van der Waals surface area contributed by atoms with E-state index in [1.54, 1.807) is 24.3 Å². The van der Waals surface area contributed by atoms with Gasteiger partial charge in [0.15, 0.2) is 5.78 Å². The summed E-state index contributed by atoms with van der Waals surface area (Å²) in [5.41, 5.74) is 6.27. The van der Waals surface area contributed by atoms with Crippen LogP contribution in [0.2, 0.25) is 0 Å². The van der Waals surface area contributed by atoms with Crippen molar-refractivity contribution in [1.82, 2.24) is 0 Å². The predicted octanol–water partition coefficient (Wildman–Crippen LogP) is 3.35. The maximum absolute atomic E-state index is 12.3. The molecule has 0 aliphatic heterocycles. The Labute approximate surface area is 110 Å². The second-order valence-electron chi connectivity index (χ2n) is 5.07. The van der Waals surface area contributed by atoms with Crippen LogP contribution in [0.25, 0.3) is 0 Å². The van der Waals surface area contributed by atoms with Crippen molar-refractivity contribution in [3.8, 4) is 0 Å². The van der Waals surface area contributed by atoms with E-state index in [9.17, 15) is 18.0 Å². The average Bonchev–Trinajstić information content (AvgIpc) is 2.27. The molecule has 1 unspecified atom stereocenters. The number of benzene rings is 1. The van der Waals surface area contributed by atoms with E-state index in [-0.39, 0.29) is 5.56 Å². The molecule has 0 saturated carbocycles. The van der Waals surface area contributed by atoms with Crippen molar-refractivity contribution in [1.29, 1.82) is 0 Å². The number of hydrogen-bond donors (Lipinski definition) is 1. The summed E-state index contributed by atoms with van der Waals surface area (Å²) in [7, 11) is 0. The fourth-order valence-electron chi connectivity index (χ4n) is 1.73. The van der Waals surface area contributed by atoms with Gasteiger partial charge in [0.25, 0.3) is 0 Å². The molecule has 0 aliphatic rings. The molecule has 2 N–H and O–H groups in total. The van der Waals surface area contributed by atoms with E-state index < -0.39 is 24.4 Å². The third-order valence-electron chi connectivity index (χ3n) is 2.75. The van der Waals surface area contributed by atoms with Gasteiger partial charge in [-0.05, 0) is 17.9 Å². The summed E-state index contributed by atoms with van der Waals surface area (Å²) in [5.74, 6) is -0.0962. The number of hydrogen-bond acceptors (Lipinski definition) is 2. The Kier molecular flexibility index (Phi) is 5.11. The van der Waals surface area contributed by atoms with Crippen LogP contribution in [-0.4, -0.2) is 18.0 Å². The Morgan fingerprint density at radius 3 is 2.16 bits per heavy atom. The van der Waals surface area contributed by atoms with Crippen LogP contribution in [0.3, 0.4) is 0 Å². The minimum absolute atomic E-state index is 0.271. The second kappa shape index (κ2) is 6.19. The topological polar surface area (TPSA) is 43.1 Å². The van der Waals surface area contributed by atoms with Gasteiger partial charge in [0.2, 0.25) is 0 Å². The van der Waals surface area contributed by atoms with Gasteiger partial charge in [0.05, 0.1) is 0 Å². The number of nitrogens with two attached hydrogens (primary N) is 1. The first-order valence-corrected chi connectivity index (χ1v) is 6.14. The standard InChI is InChI=1S/C14H18F3NO/c1-9(2)7-10-3-5-11(6-4-10)12(19)8-13(18)14(15,16)17/h3-6,9,13H,7-8,18H2,1-2H3. The molecule has 5 heteroatoms. The van der Waals surface area contributed by atoms with Crippen molar-refractivity contribution in [3.63, 3.8) is 0 Å². The molecule has 0 fully saturated rings. The Bertz CT molecular complexity index is 423. The van der Waals surface area contributed by atoms with E-state index in [1.807, 2.05) is 0 Å². The first kappa shape index (κ1) is 15.7. The van der Waals surface area contributed by atoms with E-state index in [2.05, 4.69) is 13.8 Å². The average molecular weight is 273 g/mol. The minimum atomic E-state index is -4.53. The monoisotopic (exact) mass is 273 g/mol. The molecule has 0 heterocycles. The summed E-state index contributed by atoms with van der Waals surface area (Å²) < 4.78 is 36.8. The normalized spacial score (nSPS) is 13.6.